The second kappa shape index (κ2) is 9.62. The molecule has 1 unspecified atom stereocenters. The Morgan fingerprint density at radius 3 is 2.06 bits per heavy atom. The van der Waals surface area contributed by atoms with Crippen molar-refractivity contribution in [3.8, 4) is 11.1 Å². The molecule has 7 heteroatoms. The highest BCUT2D eigenvalue weighted by Gasteiger charge is 2.38. The van der Waals surface area contributed by atoms with Gasteiger partial charge >= 0.3 is 12.1 Å². The summed E-state index contributed by atoms with van der Waals surface area (Å²) in [5.74, 6) is -1.21. The van der Waals surface area contributed by atoms with E-state index in [9.17, 15) is 14.4 Å². The zero-order valence-corrected chi connectivity index (χ0v) is 19.1. The van der Waals surface area contributed by atoms with Gasteiger partial charge in [-0.1, -0.05) is 60.7 Å². The van der Waals surface area contributed by atoms with Crippen molar-refractivity contribution in [3.63, 3.8) is 0 Å². The first-order valence-corrected chi connectivity index (χ1v) is 11.7. The third-order valence-corrected chi connectivity index (χ3v) is 6.57. The normalized spacial score (nSPS) is 15.0. The number of ether oxygens (including phenoxy) is 1. The van der Waals surface area contributed by atoms with Gasteiger partial charge in [-0.3, -0.25) is 9.59 Å². The highest BCUT2D eigenvalue weighted by molar-refractivity contribution is 5.97. The number of benzene rings is 3. The molecular formula is C28H26N2O5. The average Bonchev–Trinajstić information content (AvgIpc) is 3.64. The minimum absolute atomic E-state index is 0.0503. The zero-order chi connectivity index (χ0) is 24.4. The van der Waals surface area contributed by atoms with Crippen molar-refractivity contribution in [1.29, 1.82) is 0 Å². The van der Waals surface area contributed by atoms with Crippen molar-refractivity contribution in [2.24, 2.45) is 5.92 Å². The molecular weight excluding hydrogens is 444 g/mol. The standard InChI is InChI=1S/C28H26N2O5/c31-25(32)15-17-9-13-19(14-10-17)29-27(33)26(18-11-12-18)30-28(34)35-16-24-22-7-3-1-5-20(22)21-6-2-4-8-23(21)24/h1-10,13-14,18,24,26H,11-12,15-16H2,(H,29,33)(H,30,34)(H,31,32). The van der Waals surface area contributed by atoms with E-state index in [0.717, 1.165) is 35.1 Å². The summed E-state index contributed by atoms with van der Waals surface area (Å²) in [4.78, 5) is 36.4. The summed E-state index contributed by atoms with van der Waals surface area (Å²) in [6.07, 6.45) is 1.02. The highest BCUT2D eigenvalue weighted by Crippen LogP contribution is 2.44. The SMILES string of the molecule is O=C(O)Cc1ccc(NC(=O)C(NC(=O)OCC2c3ccccc3-c3ccccc32)C2CC2)cc1. The third kappa shape index (κ3) is 5.04. The third-order valence-electron chi connectivity index (χ3n) is 6.57. The fourth-order valence-corrected chi connectivity index (χ4v) is 4.69. The van der Waals surface area contributed by atoms with Crippen LogP contribution < -0.4 is 10.6 Å². The first-order chi connectivity index (χ1) is 17.0. The lowest BCUT2D eigenvalue weighted by Crippen LogP contribution is -2.45. The molecule has 0 aromatic heterocycles. The van der Waals surface area contributed by atoms with Crippen LogP contribution in [0.2, 0.25) is 0 Å². The first-order valence-electron chi connectivity index (χ1n) is 11.7. The van der Waals surface area contributed by atoms with E-state index in [1.165, 1.54) is 0 Å². The number of aliphatic carboxylic acids is 1. The van der Waals surface area contributed by atoms with E-state index in [-0.39, 0.29) is 30.8 Å². The van der Waals surface area contributed by atoms with Crippen LogP contribution >= 0.6 is 0 Å². The predicted octanol–water partition coefficient (Wildman–Crippen LogP) is 4.57. The summed E-state index contributed by atoms with van der Waals surface area (Å²) in [5, 5.41) is 14.5. The molecule has 178 valence electrons. The molecule has 2 aliphatic rings. The summed E-state index contributed by atoms with van der Waals surface area (Å²) in [5.41, 5.74) is 5.76. The second-order valence-electron chi connectivity index (χ2n) is 9.04. The number of rotatable bonds is 8. The van der Waals surface area contributed by atoms with Gasteiger partial charge in [0.2, 0.25) is 5.91 Å². The largest absolute Gasteiger partial charge is 0.481 e. The number of alkyl carbamates (subject to hydrolysis) is 1. The van der Waals surface area contributed by atoms with Gasteiger partial charge in [0.05, 0.1) is 6.42 Å². The molecule has 5 rings (SSSR count). The number of hydrogen-bond donors (Lipinski definition) is 3. The minimum Gasteiger partial charge on any atom is -0.481 e. The van der Waals surface area contributed by atoms with Crippen LogP contribution in [0.5, 0.6) is 0 Å². The molecule has 3 N–H and O–H groups in total. The van der Waals surface area contributed by atoms with E-state index in [1.807, 2.05) is 24.3 Å². The summed E-state index contributed by atoms with van der Waals surface area (Å²) in [6, 6.07) is 22.2. The molecule has 0 bridgehead atoms. The van der Waals surface area contributed by atoms with Gasteiger partial charge in [0, 0.05) is 11.6 Å². The predicted molar refractivity (Wildman–Crippen MR) is 131 cm³/mol. The summed E-state index contributed by atoms with van der Waals surface area (Å²) >= 11 is 0. The van der Waals surface area contributed by atoms with Gasteiger partial charge in [-0.05, 0) is 58.7 Å². The second-order valence-corrected chi connectivity index (χ2v) is 9.04. The molecule has 7 nitrogen and oxygen atoms in total. The van der Waals surface area contributed by atoms with E-state index in [4.69, 9.17) is 9.84 Å². The van der Waals surface area contributed by atoms with Crippen molar-refractivity contribution in [1.82, 2.24) is 5.32 Å². The number of carbonyl (C=O) groups is 3. The number of carboxylic acids is 1. The lowest BCUT2D eigenvalue weighted by Gasteiger charge is -2.19. The van der Waals surface area contributed by atoms with Crippen LogP contribution in [-0.4, -0.2) is 35.7 Å². The zero-order valence-electron chi connectivity index (χ0n) is 19.1. The smallest absolute Gasteiger partial charge is 0.407 e. The quantitative estimate of drug-likeness (QED) is 0.447. The topological polar surface area (TPSA) is 105 Å². The molecule has 35 heavy (non-hydrogen) atoms. The number of amides is 2. The minimum atomic E-state index is -0.914. The number of fused-ring (bicyclic) bond motifs is 3. The Labute approximate surface area is 203 Å². The molecule has 2 aliphatic carbocycles. The van der Waals surface area contributed by atoms with Crippen LogP contribution in [0.3, 0.4) is 0 Å². The van der Waals surface area contributed by atoms with Crippen molar-refractivity contribution in [3.05, 3.63) is 89.5 Å². The highest BCUT2D eigenvalue weighted by atomic mass is 16.5. The van der Waals surface area contributed by atoms with Gasteiger partial charge in [-0.15, -0.1) is 0 Å². The van der Waals surface area contributed by atoms with Gasteiger partial charge in [-0.25, -0.2) is 4.79 Å². The maximum Gasteiger partial charge on any atom is 0.407 e. The fourth-order valence-electron chi connectivity index (χ4n) is 4.69. The van der Waals surface area contributed by atoms with Crippen molar-refractivity contribution in [2.45, 2.75) is 31.2 Å². The fraction of sp³-hybridized carbons (Fsp3) is 0.250. The van der Waals surface area contributed by atoms with Crippen LogP contribution in [0.25, 0.3) is 11.1 Å². The summed E-state index contributed by atoms with van der Waals surface area (Å²) in [6.45, 7) is 0.184. The molecule has 1 saturated carbocycles. The van der Waals surface area contributed by atoms with Crippen LogP contribution in [0, 0.1) is 5.92 Å². The Morgan fingerprint density at radius 2 is 1.49 bits per heavy atom. The van der Waals surface area contributed by atoms with Crippen molar-refractivity contribution in [2.75, 3.05) is 11.9 Å². The lowest BCUT2D eigenvalue weighted by atomic mass is 9.98. The molecule has 1 atom stereocenters. The van der Waals surface area contributed by atoms with Gasteiger partial charge in [0.25, 0.3) is 0 Å². The van der Waals surface area contributed by atoms with Crippen LogP contribution in [0.1, 0.15) is 35.4 Å². The Morgan fingerprint density at radius 1 is 0.886 bits per heavy atom. The van der Waals surface area contributed by atoms with Gasteiger partial charge in [0.15, 0.2) is 0 Å². The maximum atomic E-state index is 12.9. The van der Waals surface area contributed by atoms with E-state index >= 15 is 0 Å². The lowest BCUT2D eigenvalue weighted by molar-refractivity contribution is -0.136. The van der Waals surface area contributed by atoms with Gasteiger partial charge in [-0.2, -0.15) is 0 Å². The Kier molecular flexibility index (Phi) is 6.23. The Hall–Kier alpha value is -4.13. The molecule has 3 aromatic rings. The monoisotopic (exact) mass is 470 g/mol. The maximum absolute atomic E-state index is 12.9. The summed E-state index contributed by atoms with van der Waals surface area (Å²) in [7, 11) is 0. The summed E-state index contributed by atoms with van der Waals surface area (Å²) < 4.78 is 5.62. The van der Waals surface area contributed by atoms with Gasteiger partial charge < -0.3 is 20.5 Å². The van der Waals surface area contributed by atoms with Gasteiger partial charge in [0.1, 0.15) is 12.6 Å². The molecule has 0 radical (unpaired) electrons. The number of hydrogen-bond acceptors (Lipinski definition) is 4. The molecule has 2 amide bonds. The molecule has 3 aromatic carbocycles. The Bertz CT molecular complexity index is 1220. The Balaban J connectivity index is 1.21. The molecule has 0 heterocycles. The molecule has 0 saturated heterocycles. The average molecular weight is 471 g/mol. The number of nitrogens with one attached hydrogen (secondary N) is 2. The van der Waals surface area contributed by atoms with E-state index < -0.39 is 18.1 Å². The first kappa shape index (κ1) is 22.7. The van der Waals surface area contributed by atoms with Crippen LogP contribution in [0.15, 0.2) is 72.8 Å². The van der Waals surface area contributed by atoms with Crippen molar-refractivity contribution >= 4 is 23.7 Å². The molecule has 0 aliphatic heterocycles. The number of anilines is 1. The number of carbonyl (C=O) groups excluding carboxylic acids is 2. The van der Waals surface area contributed by atoms with Crippen LogP contribution in [0.4, 0.5) is 10.5 Å². The van der Waals surface area contributed by atoms with Crippen LogP contribution in [-0.2, 0) is 20.7 Å². The van der Waals surface area contributed by atoms with E-state index in [1.54, 1.807) is 24.3 Å². The number of carboxylic acid groups (broad SMARTS) is 1. The molecule has 0 spiro atoms. The van der Waals surface area contributed by atoms with E-state index in [0.29, 0.717) is 11.3 Å². The van der Waals surface area contributed by atoms with Crippen molar-refractivity contribution < 1.29 is 24.2 Å². The van der Waals surface area contributed by atoms with E-state index in [2.05, 4.69) is 34.9 Å². The molecule has 1 fully saturated rings.